The second kappa shape index (κ2) is 7.83. The van der Waals surface area contributed by atoms with E-state index in [0.717, 1.165) is 29.1 Å². The first kappa shape index (κ1) is 18.3. The van der Waals surface area contributed by atoms with E-state index in [2.05, 4.69) is 34.5 Å². The van der Waals surface area contributed by atoms with Crippen LogP contribution in [0.5, 0.6) is 0 Å². The molecule has 0 aliphatic carbocycles. The average Bonchev–Trinajstić information content (AvgIpc) is 3.19. The molecular formula is C20H24N4OS. The van der Waals surface area contributed by atoms with E-state index in [9.17, 15) is 4.79 Å². The largest absolute Gasteiger partial charge is 0.349 e. The van der Waals surface area contributed by atoms with Crippen molar-refractivity contribution in [3.8, 4) is 5.69 Å². The van der Waals surface area contributed by atoms with Gasteiger partial charge in [0, 0.05) is 22.6 Å². The third-order valence-electron chi connectivity index (χ3n) is 4.66. The van der Waals surface area contributed by atoms with Crippen LogP contribution in [-0.4, -0.2) is 20.7 Å². The molecule has 2 aromatic heterocycles. The van der Waals surface area contributed by atoms with Crippen LogP contribution in [0.1, 0.15) is 46.8 Å². The van der Waals surface area contributed by atoms with Crippen LogP contribution in [0.2, 0.25) is 0 Å². The molecule has 0 spiro atoms. The maximum Gasteiger partial charge on any atom is 0.220 e. The SMILES string of the molecule is Cc1ccccc1-n1ncc([C@H](C)NC(=O)CCc2scnc2C)c1C. The van der Waals surface area contributed by atoms with Gasteiger partial charge in [0.1, 0.15) is 0 Å². The van der Waals surface area contributed by atoms with Crippen molar-refractivity contribution in [1.82, 2.24) is 20.1 Å². The summed E-state index contributed by atoms with van der Waals surface area (Å²) in [5.41, 5.74) is 7.17. The van der Waals surface area contributed by atoms with Crippen LogP contribution < -0.4 is 5.32 Å². The zero-order valence-electron chi connectivity index (χ0n) is 15.6. The molecule has 2 heterocycles. The summed E-state index contributed by atoms with van der Waals surface area (Å²) < 4.78 is 1.94. The van der Waals surface area contributed by atoms with Gasteiger partial charge in [-0.3, -0.25) is 4.79 Å². The number of carbonyl (C=O) groups excluding carboxylic acids is 1. The van der Waals surface area contributed by atoms with Crippen LogP contribution in [0.25, 0.3) is 5.69 Å². The van der Waals surface area contributed by atoms with Crippen molar-refractivity contribution in [3.05, 3.63) is 63.4 Å². The minimum absolute atomic E-state index is 0.0494. The highest BCUT2D eigenvalue weighted by molar-refractivity contribution is 7.09. The number of para-hydroxylation sites is 1. The molecule has 3 aromatic rings. The van der Waals surface area contributed by atoms with E-state index in [0.29, 0.717) is 6.42 Å². The molecule has 1 aromatic carbocycles. The Morgan fingerprint density at radius 3 is 2.73 bits per heavy atom. The fraction of sp³-hybridized carbons (Fsp3) is 0.350. The number of carbonyl (C=O) groups is 1. The van der Waals surface area contributed by atoms with E-state index in [1.807, 2.05) is 49.3 Å². The molecule has 1 amide bonds. The minimum Gasteiger partial charge on any atom is -0.349 e. The first-order valence-electron chi connectivity index (χ1n) is 8.76. The molecule has 0 unspecified atom stereocenters. The van der Waals surface area contributed by atoms with Crippen LogP contribution in [0, 0.1) is 20.8 Å². The molecule has 0 aliphatic rings. The maximum absolute atomic E-state index is 12.3. The lowest BCUT2D eigenvalue weighted by atomic mass is 10.1. The van der Waals surface area contributed by atoms with Gasteiger partial charge in [0.15, 0.2) is 0 Å². The monoisotopic (exact) mass is 368 g/mol. The van der Waals surface area contributed by atoms with Crippen molar-refractivity contribution in [2.24, 2.45) is 0 Å². The Kier molecular flexibility index (Phi) is 5.52. The summed E-state index contributed by atoms with van der Waals surface area (Å²) in [6.07, 6.45) is 3.05. The van der Waals surface area contributed by atoms with Gasteiger partial charge >= 0.3 is 0 Å². The number of aromatic nitrogens is 3. The van der Waals surface area contributed by atoms with Crippen molar-refractivity contribution in [2.75, 3.05) is 0 Å². The molecule has 0 saturated carbocycles. The van der Waals surface area contributed by atoms with Crippen LogP contribution in [0.3, 0.4) is 0 Å². The molecule has 1 atom stereocenters. The zero-order valence-corrected chi connectivity index (χ0v) is 16.4. The van der Waals surface area contributed by atoms with Gasteiger partial charge in [0.25, 0.3) is 0 Å². The molecule has 0 fully saturated rings. The van der Waals surface area contributed by atoms with Gasteiger partial charge in [-0.15, -0.1) is 11.3 Å². The predicted molar refractivity (Wildman–Crippen MR) is 105 cm³/mol. The molecule has 0 saturated heterocycles. The number of aryl methyl sites for hydroxylation is 3. The third kappa shape index (κ3) is 3.85. The number of amides is 1. The quantitative estimate of drug-likeness (QED) is 0.714. The standard InChI is InChI=1S/C20H24N4OS/c1-13-7-5-6-8-18(13)24-16(4)17(11-22-24)14(2)23-20(25)10-9-19-15(3)21-12-26-19/h5-8,11-12,14H,9-10H2,1-4H3,(H,23,25)/t14-/m0/s1. The summed E-state index contributed by atoms with van der Waals surface area (Å²) in [6, 6.07) is 8.08. The average molecular weight is 369 g/mol. The molecule has 26 heavy (non-hydrogen) atoms. The Labute approximate surface area is 158 Å². The summed E-state index contributed by atoms with van der Waals surface area (Å²) in [6.45, 7) is 8.10. The fourth-order valence-corrected chi connectivity index (χ4v) is 3.86. The lowest BCUT2D eigenvalue weighted by Gasteiger charge is -2.14. The van der Waals surface area contributed by atoms with Gasteiger partial charge in [-0.25, -0.2) is 9.67 Å². The first-order chi connectivity index (χ1) is 12.5. The Morgan fingerprint density at radius 1 is 1.27 bits per heavy atom. The molecule has 0 bridgehead atoms. The number of thiazole rings is 1. The number of nitrogens with zero attached hydrogens (tertiary/aromatic N) is 3. The van der Waals surface area contributed by atoms with Gasteiger partial charge in [0.2, 0.25) is 5.91 Å². The molecule has 5 nitrogen and oxygen atoms in total. The molecule has 136 valence electrons. The first-order valence-corrected chi connectivity index (χ1v) is 9.64. The lowest BCUT2D eigenvalue weighted by Crippen LogP contribution is -2.27. The fourth-order valence-electron chi connectivity index (χ4n) is 3.08. The lowest BCUT2D eigenvalue weighted by molar-refractivity contribution is -0.121. The van der Waals surface area contributed by atoms with Gasteiger partial charge in [-0.1, -0.05) is 18.2 Å². The predicted octanol–water partition coefficient (Wildman–Crippen LogP) is 4.06. The Hall–Kier alpha value is -2.47. The summed E-state index contributed by atoms with van der Waals surface area (Å²) in [5, 5.41) is 7.62. The smallest absolute Gasteiger partial charge is 0.220 e. The second-order valence-corrected chi connectivity index (χ2v) is 7.47. The highest BCUT2D eigenvalue weighted by Crippen LogP contribution is 2.22. The van der Waals surface area contributed by atoms with Crippen molar-refractivity contribution in [1.29, 1.82) is 0 Å². The number of rotatable bonds is 6. The third-order valence-corrected chi connectivity index (χ3v) is 5.65. The maximum atomic E-state index is 12.3. The zero-order chi connectivity index (χ0) is 18.7. The van der Waals surface area contributed by atoms with Crippen molar-refractivity contribution in [3.63, 3.8) is 0 Å². The van der Waals surface area contributed by atoms with Gasteiger partial charge in [-0.05, 0) is 45.7 Å². The summed E-state index contributed by atoms with van der Waals surface area (Å²) >= 11 is 1.61. The topological polar surface area (TPSA) is 59.8 Å². The molecule has 1 N–H and O–H groups in total. The Balaban J connectivity index is 1.67. The summed E-state index contributed by atoms with van der Waals surface area (Å²) in [4.78, 5) is 17.7. The molecule has 0 radical (unpaired) electrons. The van der Waals surface area contributed by atoms with Crippen LogP contribution in [0.4, 0.5) is 0 Å². The number of hydrogen-bond acceptors (Lipinski definition) is 4. The van der Waals surface area contributed by atoms with Crippen molar-refractivity contribution in [2.45, 2.75) is 46.6 Å². The Morgan fingerprint density at radius 2 is 2.04 bits per heavy atom. The Bertz CT molecular complexity index is 912. The van der Waals surface area contributed by atoms with E-state index in [-0.39, 0.29) is 11.9 Å². The highest BCUT2D eigenvalue weighted by atomic mass is 32.1. The second-order valence-electron chi connectivity index (χ2n) is 6.53. The number of benzene rings is 1. The number of hydrogen-bond donors (Lipinski definition) is 1. The van der Waals surface area contributed by atoms with Gasteiger partial charge in [-0.2, -0.15) is 5.10 Å². The molecule has 0 aliphatic heterocycles. The van der Waals surface area contributed by atoms with E-state index in [1.165, 1.54) is 10.4 Å². The molecule has 3 rings (SSSR count). The van der Waals surface area contributed by atoms with E-state index in [1.54, 1.807) is 11.3 Å². The van der Waals surface area contributed by atoms with Crippen molar-refractivity contribution < 1.29 is 4.79 Å². The van der Waals surface area contributed by atoms with E-state index >= 15 is 0 Å². The van der Waals surface area contributed by atoms with Crippen molar-refractivity contribution >= 4 is 17.2 Å². The molecule has 6 heteroatoms. The van der Waals surface area contributed by atoms with Gasteiger partial charge in [0.05, 0.1) is 29.1 Å². The number of nitrogens with one attached hydrogen (secondary N) is 1. The van der Waals surface area contributed by atoms with Gasteiger partial charge < -0.3 is 5.32 Å². The normalized spacial score (nSPS) is 12.2. The van der Waals surface area contributed by atoms with Crippen LogP contribution in [0.15, 0.2) is 36.0 Å². The van der Waals surface area contributed by atoms with E-state index < -0.39 is 0 Å². The minimum atomic E-state index is -0.0807. The van der Waals surface area contributed by atoms with E-state index in [4.69, 9.17) is 0 Å². The molecular weight excluding hydrogens is 344 g/mol. The highest BCUT2D eigenvalue weighted by Gasteiger charge is 2.17. The van der Waals surface area contributed by atoms with Crippen LogP contribution >= 0.6 is 11.3 Å². The van der Waals surface area contributed by atoms with Crippen LogP contribution in [-0.2, 0) is 11.2 Å². The summed E-state index contributed by atoms with van der Waals surface area (Å²) in [7, 11) is 0. The summed E-state index contributed by atoms with van der Waals surface area (Å²) in [5.74, 6) is 0.0494.